The smallest absolute Gasteiger partial charge is 0.433 e. The maximum absolute atomic E-state index is 14.3. The Morgan fingerprint density at radius 1 is 0.750 bits per heavy atom. The quantitative estimate of drug-likeness (QED) is 0.0613. The van der Waals surface area contributed by atoms with Gasteiger partial charge in [-0.25, -0.2) is 0 Å². The highest BCUT2D eigenvalue weighted by Gasteiger charge is 2.39. The van der Waals surface area contributed by atoms with Gasteiger partial charge in [0.1, 0.15) is 12.1 Å². The Hall–Kier alpha value is -7.24. The monoisotopic (exact) mass is 993 g/mol. The zero-order chi connectivity index (χ0) is 52.8. The molecule has 1 saturated heterocycles. The Morgan fingerprint density at radius 3 is 1.94 bits per heavy atom. The number of piperidine rings is 1. The van der Waals surface area contributed by atoms with Crippen LogP contribution in [0.15, 0.2) is 84.3 Å². The molecule has 0 saturated carbocycles. The predicted molar refractivity (Wildman–Crippen MR) is 263 cm³/mol. The normalized spacial score (nSPS) is 15.8. The van der Waals surface area contributed by atoms with Gasteiger partial charge in [0.2, 0.25) is 17.7 Å². The van der Waals surface area contributed by atoms with Crippen LogP contribution in [0.2, 0.25) is 0 Å². The minimum absolute atomic E-state index is 0.0218. The van der Waals surface area contributed by atoms with E-state index in [-0.39, 0.29) is 65.3 Å². The fraction of sp³-hybridized carbons (Fsp3) is 0.426. The molecule has 0 spiro atoms. The molecule has 0 aliphatic carbocycles. The summed E-state index contributed by atoms with van der Waals surface area (Å²) in [5, 5.41) is 25.6. The summed E-state index contributed by atoms with van der Waals surface area (Å²) >= 11 is 0. The molecule has 2 unspecified atom stereocenters. The molecule has 1 aliphatic heterocycles. The van der Waals surface area contributed by atoms with Crippen LogP contribution in [0.3, 0.4) is 0 Å². The van der Waals surface area contributed by atoms with Crippen LogP contribution in [-0.4, -0.2) is 76.9 Å². The van der Waals surface area contributed by atoms with E-state index in [1.807, 2.05) is 41.5 Å². The van der Waals surface area contributed by atoms with Crippen molar-refractivity contribution in [2.24, 2.45) is 11.8 Å². The number of aliphatic carboxylic acids is 2. The van der Waals surface area contributed by atoms with E-state index in [9.17, 15) is 52.2 Å². The van der Waals surface area contributed by atoms with Gasteiger partial charge in [0, 0.05) is 72.8 Å². The number of likely N-dealkylation sites (tertiary alicyclic amines) is 1. The Labute approximate surface area is 416 Å². The maximum atomic E-state index is 14.3. The molecular formula is C54H62F3N7O8. The number of nitrogens with one attached hydrogen (secondary N) is 2. The second-order valence-corrected chi connectivity index (χ2v) is 19.6. The molecule has 382 valence electrons. The van der Waals surface area contributed by atoms with E-state index in [4.69, 9.17) is 4.98 Å². The summed E-state index contributed by atoms with van der Waals surface area (Å²) in [6.07, 6.45) is 2.25. The van der Waals surface area contributed by atoms with Crippen molar-refractivity contribution in [2.45, 2.75) is 130 Å². The van der Waals surface area contributed by atoms with Crippen LogP contribution in [0, 0.1) is 39.5 Å². The first-order valence-corrected chi connectivity index (χ1v) is 24.0. The van der Waals surface area contributed by atoms with Gasteiger partial charge in [-0.1, -0.05) is 52.0 Å². The fourth-order valence-electron chi connectivity index (χ4n) is 9.63. The first-order chi connectivity index (χ1) is 33.9. The van der Waals surface area contributed by atoms with E-state index in [0.29, 0.717) is 35.2 Å². The van der Waals surface area contributed by atoms with Crippen molar-refractivity contribution in [3.05, 3.63) is 135 Å². The lowest BCUT2D eigenvalue weighted by molar-refractivity contribution is -0.144. The number of alkyl halides is 3. The Kier molecular flexibility index (Phi) is 17.2. The average molecular weight is 994 g/mol. The van der Waals surface area contributed by atoms with Crippen molar-refractivity contribution in [3.8, 4) is 22.3 Å². The number of halogens is 3. The van der Waals surface area contributed by atoms with E-state index in [1.54, 1.807) is 62.8 Å². The highest BCUT2D eigenvalue weighted by atomic mass is 19.4. The molecular weight excluding hydrogens is 932 g/mol. The van der Waals surface area contributed by atoms with Crippen LogP contribution >= 0.6 is 0 Å². The molecule has 0 radical (unpaired) electrons. The number of carboxylic acid groups (broad SMARTS) is 2. The average Bonchev–Trinajstić information content (AvgIpc) is 3.29. The molecule has 1 fully saturated rings. The van der Waals surface area contributed by atoms with Crippen molar-refractivity contribution < 1.29 is 47.4 Å². The van der Waals surface area contributed by atoms with E-state index in [0.717, 1.165) is 28.5 Å². The summed E-state index contributed by atoms with van der Waals surface area (Å²) in [6.45, 7) is 14.9. The third kappa shape index (κ3) is 13.0. The molecule has 4 N–H and O–H groups in total. The molecule has 15 nitrogen and oxygen atoms in total. The second kappa shape index (κ2) is 22.9. The summed E-state index contributed by atoms with van der Waals surface area (Å²) < 4.78 is 44.2. The summed E-state index contributed by atoms with van der Waals surface area (Å²) in [5.74, 6) is -4.45. The van der Waals surface area contributed by atoms with Crippen LogP contribution in [0.25, 0.3) is 22.3 Å². The molecule has 72 heavy (non-hydrogen) atoms. The lowest BCUT2D eigenvalue weighted by Gasteiger charge is -2.38. The van der Waals surface area contributed by atoms with Gasteiger partial charge in [0.15, 0.2) is 5.69 Å². The van der Waals surface area contributed by atoms with Crippen molar-refractivity contribution >= 4 is 29.7 Å². The molecule has 6 rings (SSSR count). The van der Waals surface area contributed by atoms with E-state index in [2.05, 4.69) is 20.6 Å². The van der Waals surface area contributed by atoms with E-state index < -0.39 is 72.6 Å². The topological polar surface area (TPSA) is 214 Å². The van der Waals surface area contributed by atoms with Crippen molar-refractivity contribution in [2.75, 3.05) is 6.54 Å². The standard InChI is InChI=1S/C54H62F3N7O8/c1-29(2)17-43(63-15-13-31(5)19-45(63)65)52(71)61-41(23-47(67)68)36-20-38(27-58-26-36)49-33(7)25-59-50(34(49)8)35-14-16-64(46(66)22-35)44(18-30(3)4)53(72)62-42(24-48(69)70)37-21-40(39-12-10-9-11-32(39)6)51(60-28-37)54(55,56)57/h9-13,15,19-21,25-30,35,41-44H,14,16-18,22-24H2,1-8H3,(H,61,71)(H,62,72)(H,67,68)(H,69,70)/t35?,41-,42-,43-,44?/m0/s1. The number of carboxylic acids is 2. The maximum Gasteiger partial charge on any atom is 0.433 e. The van der Waals surface area contributed by atoms with Crippen LogP contribution in [0.1, 0.15) is 135 Å². The minimum atomic E-state index is -4.83. The first-order valence-electron chi connectivity index (χ1n) is 24.0. The lowest BCUT2D eigenvalue weighted by Crippen LogP contribution is -2.53. The van der Waals surface area contributed by atoms with Gasteiger partial charge in [0.25, 0.3) is 5.56 Å². The summed E-state index contributed by atoms with van der Waals surface area (Å²) in [4.78, 5) is 94.5. The van der Waals surface area contributed by atoms with Gasteiger partial charge < -0.3 is 30.3 Å². The van der Waals surface area contributed by atoms with Gasteiger partial charge in [-0.15, -0.1) is 0 Å². The predicted octanol–water partition coefficient (Wildman–Crippen LogP) is 8.99. The van der Waals surface area contributed by atoms with E-state index in [1.165, 1.54) is 33.9 Å². The van der Waals surface area contributed by atoms with E-state index >= 15 is 0 Å². The number of carbonyl (C=O) groups is 5. The number of benzene rings is 1. The number of nitrogens with zero attached hydrogens (tertiary/aromatic N) is 5. The number of hydrogen-bond acceptors (Lipinski definition) is 9. The Bertz CT molecular complexity index is 2900. The van der Waals surface area contributed by atoms with Gasteiger partial charge in [0.05, 0.1) is 24.9 Å². The number of aryl methyl sites for hydroxylation is 3. The largest absolute Gasteiger partial charge is 0.481 e. The third-order valence-electron chi connectivity index (χ3n) is 13.1. The zero-order valence-corrected chi connectivity index (χ0v) is 41.7. The molecule has 1 aromatic carbocycles. The first kappa shape index (κ1) is 54.1. The molecule has 5 atom stereocenters. The van der Waals surface area contributed by atoms with Crippen LogP contribution in [0.4, 0.5) is 13.2 Å². The van der Waals surface area contributed by atoms with Gasteiger partial charge in [-0.05, 0) is 121 Å². The SMILES string of the molecule is Cc1ccn([C@@H](CC(C)C)C(=O)N[C@@H](CC(=O)O)c2cncc(-c3c(C)cnc(C4CCN(C(CC(C)C)C(=O)N[C@@H](CC(=O)O)c5cnc(C(F)(F)F)c(-c6ccccc6C)c5)C(=O)C4)c3C)c2)c(=O)c1. The van der Waals surface area contributed by atoms with Gasteiger partial charge >= 0.3 is 18.1 Å². The molecule has 3 amide bonds. The number of carbonyl (C=O) groups excluding carboxylic acids is 3. The van der Waals surface area contributed by atoms with Gasteiger partial charge in [-0.2, -0.15) is 13.2 Å². The van der Waals surface area contributed by atoms with Gasteiger partial charge in [-0.3, -0.25) is 43.7 Å². The number of pyridine rings is 4. The number of hydrogen-bond donors (Lipinski definition) is 4. The number of amides is 3. The molecule has 0 bridgehead atoms. The third-order valence-corrected chi connectivity index (χ3v) is 13.1. The molecule has 5 heterocycles. The molecule has 4 aromatic heterocycles. The second-order valence-electron chi connectivity index (χ2n) is 19.6. The fourth-order valence-corrected chi connectivity index (χ4v) is 9.63. The van der Waals surface area contributed by atoms with Crippen molar-refractivity contribution in [1.29, 1.82) is 0 Å². The minimum Gasteiger partial charge on any atom is -0.481 e. The van der Waals surface area contributed by atoms with Crippen LogP contribution in [-0.2, 0) is 30.1 Å². The highest BCUT2D eigenvalue weighted by molar-refractivity contribution is 5.89. The van der Waals surface area contributed by atoms with Crippen molar-refractivity contribution in [1.82, 2.24) is 35.1 Å². The highest BCUT2D eigenvalue weighted by Crippen LogP contribution is 2.40. The Balaban J connectivity index is 1.25. The lowest BCUT2D eigenvalue weighted by atomic mass is 9.85. The Morgan fingerprint density at radius 2 is 1.36 bits per heavy atom. The summed E-state index contributed by atoms with van der Waals surface area (Å²) in [6, 6.07) is 8.33. The zero-order valence-electron chi connectivity index (χ0n) is 41.7. The summed E-state index contributed by atoms with van der Waals surface area (Å²) in [7, 11) is 0. The summed E-state index contributed by atoms with van der Waals surface area (Å²) in [5.41, 5.74) is 3.74. The molecule has 18 heteroatoms. The number of rotatable bonds is 19. The number of aromatic nitrogens is 4. The van der Waals surface area contributed by atoms with Crippen molar-refractivity contribution in [3.63, 3.8) is 0 Å². The molecule has 5 aromatic rings. The van der Waals surface area contributed by atoms with Crippen LogP contribution < -0.4 is 16.2 Å². The van der Waals surface area contributed by atoms with Crippen LogP contribution in [0.5, 0.6) is 0 Å². The molecule has 1 aliphatic rings.